The number of amides is 1. The van der Waals surface area contributed by atoms with Gasteiger partial charge < -0.3 is 10.6 Å². The molecule has 1 aromatic carbocycles. The van der Waals surface area contributed by atoms with Gasteiger partial charge in [0.2, 0.25) is 0 Å². The molecule has 0 spiro atoms. The number of halogens is 1. The molecule has 112 valence electrons. The first-order chi connectivity index (χ1) is 10.2. The maximum atomic E-state index is 11.8. The van der Waals surface area contributed by atoms with Crippen LogP contribution < -0.4 is 10.6 Å². The van der Waals surface area contributed by atoms with E-state index in [9.17, 15) is 4.79 Å². The fraction of sp³-hybridized carbons (Fsp3) is 0.471. The number of carbonyl (C=O) groups excluding carboxylic acids is 1. The minimum Gasteiger partial charge on any atom is -0.352 e. The first-order valence-electron chi connectivity index (χ1n) is 7.69. The lowest BCUT2D eigenvalue weighted by Gasteiger charge is -2.25. The second-order valence-corrected chi connectivity index (χ2v) is 6.69. The number of fused-ring (bicyclic) bond motifs is 2. The van der Waals surface area contributed by atoms with E-state index in [1.165, 1.54) is 28.5 Å². The van der Waals surface area contributed by atoms with Crippen molar-refractivity contribution in [3.8, 4) is 0 Å². The second-order valence-electron chi connectivity index (χ2n) is 5.90. The Morgan fingerprint density at radius 2 is 1.76 bits per heavy atom. The van der Waals surface area contributed by atoms with Gasteiger partial charge in [0.1, 0.15) is 0 Å². The van der Waals surface area contributed by atoms with Gasteiger partial charge in [-0.15, -0.1) is 0 Å². The second kappa shape index (κ2) is 6.32. The van der Waals surface area contributed by atoms with E-state index in [0.29, 0.717) is 18.6 Å². The van der Waals surface area contributed by atoms with Crippen LogP contribution in [0.15, 0.2) is 29.8 Å². The monoisotopic (exact) mass is 348 g/mol. The molecule has 0 aromatic heterocycles. The van der Waals surface area contributed by atoms with Crippen molar-refractivity contribution in [1.82, 2.24) is 10.6 Å². The average Bonchev–Trinajstić information content (AvgIpc) is 2.85. The molecule has 2 saturated heterocycles. The minimum absolute atomic E-state index is 0.00673. The average molecular weight is 349 g/mol. The van der Waals surface area contributed by atoms with Crippen LogP contribution in [0.5, 0.6) is 0 Å². The van der Waals surface area contributed by atoms with Crippen molar-refractivity contribution in [2.24, 2.45) is 0 Å². The first kappa shape index (κ1) is 14.8. The van der Waals surface area contributed by atoms with Crippen molar-refractivity contribution in [2.45, 2.75) is 44.7 Å². The maximum absolute atomic E-state index is 11.8. The Labute approximate surface area is 134 Å². The SMILES string of the molecule is CCNC(=O)c1ccc(C(Br)=C2CC3CC[C@H](C2)N3)cc1. The predicted octanol–water partition coefficient (Wildman–Crippen LogP) is 3.46. The van der Waals surface area contributed by atoms with E-state index in [1.807, 2.05) is 31.2 Å². The number of hydrogen-bond acceptors (Lipinski definition) is 2. The summed E-state index contributed by atoms with van der Waals surface area (Å²) in [5.41, 5.74) is 3.39. The van der Waals surface area contributed by atoms with Gasteiger partial charge in [0.05, 0.1) is 0 Å². The van der Waals surface area contributed by atoms with E-state index >= 15 is 0 Å². The molecule has 2 N–H and O–H groups in total. The Hall–Kier alpha value is -1.13. The summed E-state index contributed by atoms with van der Waals surface area (Å²) < 4.78 is 1.21. The van der Waals surface area contributed by atoms with Gasteiger partial charge in [-0.2, -0.15) is 0 Å². The summed E-state index contributed by atoms with van der Waals surface area (Å²) >= 11 is 3.77. The molecular weight excluding hydrogens is 328 g/mol. The summed E-state index contributed by atoms with van der Waals surface area (Å²) in [6.45, 7) is 2.59. The van der Waals surface area contributed by atoms with Crippen molar-refractivity contribution < 1.29 is 4.79 Å². The molecule has 3 rings (SSSR count). The van der Waals surface area contributed by atoms with Gasteiger partial charge >= 0.3 is 0 Å². The van der Waals surface area contributed by atoms with E-state index in [-0.39, 0.29) is 5.91 Å². The standard InChI is InChI=1S/C17H21BrN2O/c1-2-19-17(21)12-5-3-11(4-6-12)16(18)13-9-14-7-8-15(10-13)20-14/h3-6,14-15,20H,2,7-10H2,1H3,(H,19,21)/t14-,15?/m1/s1. The topological polar surface area (TPSA) is 41.1 Å². The third-order valence-corrected chi connectivity index (χ3v) is 5.39. The number of piperidine rings is 1. The lowest BCUT2D eigenvalue weighted by atomic mass is 9.96. The summed E-state index contributed by atoms with van der Waals surface area (Å²) in [4.78, 5) is 11.8. The highest BCUT2D eigenvalue weighted by Crippen LogP contribution is 2.37. The summed E-state index contributed by atoms with van der Waals surface area (Å²) in [6, 6.07) is 9.18. The Morgan fingerprint density at radius 1 is 1.19 bits per heavy atom. The van der Waals surface area contributed by atoms with Crippen LogP contribution in [0, 0.1) is 0 Å². The fourth-order valence-corrected chi connectivity index (χ4v) is 3.90. The number of benzene rings is 1. The Balaban J connectivity index is 1.78. The van der Waals surface area contributed by atoms with E-state index in [2.05, 4.69) is 26.6 Å². The molecule has 1 aromatic rings. The molecule has 0 aliphatic carbocycles. The third-order valence-electron chi connectivity index (χ3n) is 4.37. The van der Waals surface area contributed by atoms with Crippen LogP contribution in [0.25, 0.3) is 4.48 Å². The van der Waals surface area contributed by atoms with Gasteiger partial charge in [0.15, 0.2) is 0 Å². The Morgan fingerprint density at radius 3 is 2.33 bits per heavy atom. The highest BCUT2D eigenvalue weighted by molar-refractivity contribution is 9.15. The largest absolute Gasteiger partial charge is 0.352 e. The van der Waals surface area contributed by atoms with Crippen molar-refractivity contribution in [3.05, 3.63) is 41.0 Å². The fourth-order valence-electron chi connectivity index (χ4n) is 3.32. The molecule has 21 heavy (non-hydrogen) atoms. The molecule has 2 heterocycles. The Bertz CT molecular complexity index is 551. The smallest absolute Gasteiger partial charge is 0.251 e. The normalized spacial score (nSPS) is 26.6. The van der Waals surface area contributed by atoms with Gasteiger partial charge in [0.25, 0.3) is 5.91 Å². The quantitative estimate of drug-likeness (QED) is 0.878. The van der Waals surface area contributed by atoms with Crippen LogP contribution >= 0.6 is 15.9 Å². The summed E-state index contributed by atoms with van der Waals surface area (Å²) in [5, 5.41) is 6.48. The third kappa shape index (κ3) is 3.22. The lowest BCUT2D eigenvalue weighted by Crippen LogP contribution is -2.34. The molecule has 1 amide bonds. The summed E-state index contributed by atoms with van der Waals surface area (Å²) in [6.07, 6.45) is 4.86. The van der Waals surface area contributed by atoms with E-state index in [0.717, 1.165) is 18.4 Å². The molecule has 2 bridgehead atoms. The van der Waals surface area contributed by atoms with E-state index in [1.54, 1.807) is 0 Å². The molecule has 4 heteroatoms. The number of rotatable bonds is 3. The number of carbonyl (C=O) groups is 1. The van der Waals surface area contributed by atoms with Crippen molar-refractivity contribution in [1.29, 1.82) is 0 Å². The molecule has 2 aliphatic heterocycles. The van der Waals surface area contributed by atoms with Crippen LogP contribution in [0.4, 0.5) is 0 Å². The molecule has 1 unspecified atom stereocenters. The number of nitrogens with one attached hydrogen (secondary N) is 2. The highest BCUT2D eigenvalue weighted by Gasteiger charge is 2.31. The van der Waals surface area contributed by atoms with E-state index < -0.39 is 0 Å². The van der Waals surface area contributed by atoms with Crippen molar-refractivity contribution in [3.63, 3.8) is 0 Å². The zero-order valence-electron chi connectivity index (χ0n) is 12.3. The van der Waals surface area contributed by atoms with E-state index in [4.69, 9.17) is 0 Å². The van der Waals surface area contributed by atoms with Crippen LogP contribution in [0.3, 0.4) is 0 Å². The predicted molar refractivity (Wildman–Crippen MR) is 89.5 cm³/mol. The molecule has 0 saturated carbocycles. The summed E-state index contributed by atoms with van der Waals surface area (Å²) in [7, 11) is 0. The first-order valence-corrected chi connectivity index (χ1v) is 8.49. The van der Waals surface area contributed by atoms with Gasteiger partial charge in [0, 0.05) is 28.7 Å². The minimum atomic E-state index is -0.00673. The zero-order chi connectivity index (χ0) is 14.8. The Kier molecular flexibility index (Phi) is 4.45. The van der Waals surface area contributed by atoms with Gasteiger partial charge in [-0.3, -0.25) is 4.79 Å². The van der Waals surface area contributed by atoms with Gasteiger partial charge in [-0.25, -0.2) is 0 Å². The molecule has 3 nitrogen and oxygen atoms in total. The molecule has 2 fully saturated rings. The van der Waals surface area contributed by atoms with Crippen molar-refractivity contribution >= 4 is 26.3 Å². The molecule has 2 atom stereocenters. The molecule has 0 radical (unpaired) electrons. The van der Waals surface area contributed by atoms with Crippen LogP contribution in [-0.4, -0.2) is 24.5 Å². The van der Waals surface area contributed by atoms with Crippen molar-refractivity contribution in [2.75, 3.05) is 6.54 Å². The lowest BCUT2D eigenvalue weighted by molar-refractivity contribution is 0.0956. The zero-order valence-corrected chi connectivity index (χ0v) is 13.9. The molecule has 2 aliphatic rings. The maximum Gasteiger partial charge on any atom is 0.251 e. The highest BCUT2D eigenvalue weighted by atomic mass is 79.9. The summed E-state index contributed by atoms with van der Waals surface area (Å²) in [5.74, 6) is -0.00673. The van der Waals surface area contributed by atoms with Gasteiger partial charge in [-0.1, -0.05) is 33.6 Å². The van der Waals surface area contributed by atoms with Crippen LogP contribution in [0.2, 0.25) is 0 Å². The molecular formula is C17H21BrN2O. The number of hydrogen-bond donors (Lipinski definition) is 2. The van der Waals surface area contributed by atoms with Crippen LogP contribution in [-0.2, 0) is 0 Å². The van der Waals surface area contributed by atoms with Crippen LogP contribution in [0.1, 0.15) is 48.5 Å². The van der Waals surface area contributed by atoms with Gasteiger partial charge in [-0.05, 0) is 50.3 Å².